The summed E-state index contributed by atoms with van der Waals surface area (Å²) in [5, 5.41) is 7.32. The molecule has 0 fully saturated rings. The van der Waals surface area contributed by atoms with Crippen LogP contribution in [0.1, 0.15) is 31.9 Å². The van der Waals surface area contributed by atoms with Gasteiger partial charge in [-0.05, 0) is 0 Å². The Hall–Kier alpha value is -1.57. The first-order valence-electron chi connectivity index (χ1n) is 7.76. The summed E-state index contributed by atoms with van der Waals surface area (Å²) < 4.78 is 0.114. The summed E-state index contributed by atoms with van der Waals surface area (Å²) in [6, 6.07) is 8.13. The molecular formula is C17H24HgN5O2. The van der Waals surface area contributed by atoms with Crippen molar-refractivity contribution in [2.24, 2.45) is 15.7 Å². The summed E-state index contributed by atoms with van der Waals surface area (Å²) in [5.41, 5.74) is 9.91. The zero-order valence-electron chi connectivity index (χ0n) is 15.4. The quantitative estimate of drug-likeness (QED) is 0.305. The molecule has 0 unspecified atom stereocenters. The number of rotatable bonds is 2. The predicted molar refractivity (Wildman–Crippen MR) is 95.0 cm³/mol. The largest absolute Gasteiger partial charge is 0.317 e. The molecule has 131 valence electrons. The molecule has 0 atom stereocenters. The molecule has 0 aromatic heterocycles. The summed E-state index contributed by atoms with van der Waals surface area (Å²) >= 11 is 0.0400. The van der Waals surface area contributed by atoms with E-state index < -0.39 is 0 Å². The molecule has 0 radical (unpaired) electrons. The molecule has 0 bridgehead atoms. The standard InChI is InChI=1S/C16H19N4O.CH5NO.Hg/c1-16(2,3)12-7-5-11(6-8-12)14-18-13(9-10-21)20(4)15(17)19-14;1-2-3;/h5-9H,1-4H3,(H2,17,18,19);2-3H,1H3;/b13-9-;;. The van der Waals surface area contributed by atoms with Gasteiger partial charge in [-0.1, -0.05) is 0 Å². The van der Waals surface area contributed by atoms with Crippen molar-refractivity contribution in [3.05, 3.63) is 47.3 Å². The maximum absolute atomic E-state index is 11.4. The van der Waals surface area contributed by atoms with E-state index in [0.29, 0.717) is 17.6 Å². The molecule has 1 heterocycles. The third-order valence-corrected chi connectivity index (χ3v) is 4.22. The molecule has 1 aromatic rings. The first kappa shape index (κ1) is 21.5. The number of nitrogens with one attached hydrogen (secondary N) is 1. The Balaban J connectivity index is 0.000000970. The molecule has 1 aromatic carbocycles. The van der Waals surface area contributed by atoms with E-state index >= 15 is 0 Å². The monoisotopic (exact) mass is 532 g/mol. The Morgan fingerprint density at radius 1 is 1.28 bits per heavy atom. The van der Waals surface area contributed by atoms with Crippen molar-refractivity contribution in [1.82, 2.24) is 10.4 Å². The van der Waals surface area contributed by atoms with Crippen molar-refractivity contribution < 1.29 is 36.1 Å². The molecule has 25 heavy (non-hydrogen) atoms. The normalized spacial score (nSPS) is 16.0. The number of nitrogens with two attached hydrogens (primary N) is 1. The van der Waals surface area contributed by atoms with E-state index in [1.54, 1.807) is 17.4 Å². The first-order valence-corrected chi connectivity index (χ1v) is 10.5. The van der Waals surface area contributed by atoms with Gasteiger partial charge in [-0.3, -0.25) is 0 Å². The Morgan fingerprint density at radius 3 is 2.24 bits per heavy atom. The van der Waals surface area contributed by atoms with Crippen molar-refractivity contribution in [1.29, 1.82) is 0 Å². The van der Waals surface area contributed by atoms with Gasteiger partial charge in [0.1, 0.15) is 0 Å². The molecule has 0 aliphatic carbocycles. The maximum Gasteiger partial charge on any atom is 0.00929 e. The summed E-state index contributed by atoms with van der Waals surface area (Å²) in [6.45, 7) is 6.51. The van der Waals surface area contributed by atoms with E-state index in [0.717, 1.165) is 5.56 Å². The fourth-order valence-corrected chi connectivity index (χ4v) is 2.74. The number of hydrogen-bond acceptors (Lipinski definition) is 7. The molecular weight excluding hydrogens is 507 g/mol. The number of carbonyl (C=O) groups is 1. The van der Waals surface area contributed by atoms with Crippen molar-refractivity contribution in [3.63, 3.8) is 0 Å². The molecule has 1 aliphatic heterocycles. The van der Waals surface area contributed by atoms with Crippen LogP contribution in [-0.4, -0.2) is 39.3 Å². The van der Waals surface area contributed by atoms with Crippen LogP contribution in [0.3, 0.4) is 0 Å². The van der Waals surface area contributed by atoms with Crippen molar-refractivity contribution >= 4 is 15.1 Å². The second-order valence-electron chi connectivity index (χ2n) is 6.48. The van der Waals surface area contributed by atoms with E-state index in [1.807, 2.05) is 12.1 Å². The minimum absolute atomic E-state index is 0.0400. The fourth-order valence-electron chi connectivity index (χ4n) is 2.03. The number of hydroxylamine groups is 1. The van der Waals surface area contributed by atoms with Crippen LogP contribution in [0, 0.1) is 0 Å². The molecule has 0 saturated carbocycles. The van der Waals surface area contributed by atoms with Gasteiger partial charge in [0.25, 0.3) is 0 Å². The van der Waals surface area contributed by atoms with Crippen LogP contribution >= 0.6 is 0 Å². The van der Waals surface area contributed by atoms with Gasteiger partial charge in [0, 0.05) is 7.05 Å². The molecule has 0 spiro atoms. The molecule has 4 N–H and O–H groups in total. The van der Waals surface area contributed by atoms with Crippen molar-refractivity contribution in [2.75, 3.05) is 14.1 Å². The second kappa shape index (κ2) is 9.21. The zero-order chi connectivity index (χ0) is 19.2. The molecule has 7 nitrogen and oxygen atoms in total. The van der Waals surface area contributed by atoms with Crippen LogP contribution in [-0.2, 0) is 36.3 Å². The van der Waals surface area contributed by atoms with E-state index in [2.05, 4.69) is 42.9 Å². The van der Waals surface area contributed by atoms with Crippen molar-refractivity contribution in [3.8, 4) is 0 Å². The number of benzene rings is 1. The topological polar surface area (TPSA) is 103 Å². The van der Waals surface area contributed by atoms with E-state index in [9.17, 15) is 4.79 Å². The number of allylic oxidation sites excluding steroid dienone is 1. The van der Waals surface area contributed by atoms with Crippen molar-refractivity contribution in [2.45, 2.75) is 26.2 Å². The SMILES string of the molecule is CN1C(N)=NC(c2ccc(C(C)(C)C)cc2)=N/C1=C/[C](=O)[Hg].CNO. The number of guanidine groups is 1. The van der Waals surface area contributed by atoms with E-state index in [1.165, 1.54) is 18.7 Å². The maximum atomic E-state index is 11.4. The Bertz CT molecular complexity index is 703. The van der Waals surface area contributed by atoms with Crippen LogP contribution in [0.4, 0.5) is 0 Å². The minimum Gasteiger partial charge on any atom is -0.317 e. The molecule has 1 aliphatic rings. The second-order valence-corrected chi connectivity index (χ2v) is 9.19. The van der Waals surface area contributed by atoms with Crippen LogP contribution in [0.25, 0.3) is 0 Å². The average Bonchev–Trinajstić information content (AvgIpc) is 2.51. The Morgan fingerprint density at radius 2 is 1.80 bits per heavy atom. The average molecular weight is 531 g/mol. The summed E-state index contributed by atoms with van der Waals surface area (Å²) in [4.78, 5) is 21.8. The predicted octanol–water partition coefficient (Wildman–Crippen LogP) is 1.50. The van der Waals surface area contributed by atoms with Gasteiger partial charge < -0.3 is 5.21 Å². The van der Waals surface area contributed by atoms with Crippen LogP contribution in [0.2, 0.25) is 0 Å². The zero-order valence-corrected chi connectivity index (χ0v) is 20.9. The fraction of sp³-hybridized carbons (Fsp3) is 0.353. The smallest absolute Gasteiger partial charge is 0.00929 e. The van der Waals surface area contributed by atoms with Crippen LogP contribution in [0.15, 0.2) is 46.1 Å². The molecule has 0 saturated heterocycles. The summed E-state index contributed by atoms with van der Waals surface area (Å²) in [5.74, 6) is 1.42. The number of carbonyl (C=O) groups excluding carboxylic acids is 1. The first-order chi connectivity index (χ1) is 11.6. The molecule has 8 heteroatoms. The number of aliphatic imine (C=N–C) groups is 2. The van der Waals surface area contributed by atoms with Crippen LogP contribution < -0.4 is 11.2 Å². The van der Waals surface area contributed by atoms with Gasteiger partial charge in [0.15, 0.2) is 0 Å². The third-order valence-electron chi connectivity index (χ3n) is 3.43. The minimum atomic E-state index is 0.0400. The summed E-state index contributed by atoms with van der Waals surface area (Å²) in [6.07, 6.45) is 1.54. The Labute approximate surface area is 164 Å². The van der Waals surface area contributed by atoms with Gasteiger partial charge in [-0.2, -0.15) is 0 Å². The number of hydrogen-bond donors (Lipinski definition) is 3. The Kier molecular flexibility index (Phi) is 7.91. The van der Waals surface area contributed by atoms with Gasteiger partial charge >= 0.3 is 147 Å². The van der Waals surface area contributed by atoms with Crippen LogP contribution in [0.5, 0.6) is 0 Å². The van der Waals surface area contributed by atoms with Gasteiger partial charge in [-0.25, -0.2) is 5.48 Å². The van der Waals surface area contributed by atoms with Gasteiger partial charge in [-0.15, -0.1) is 0 Å². The van der Waals surface area contributed by atoms with E-state index in [4.69, 9.17) is 10.9 Å². The molecule has 0 amide bonds. The number of amidine groups is 1. The molecule has 2 rings (SSSR count). The van der Waals surface area contributed by atoms with Gasteiger partial charge in [0.05, 0.1) is 0 Å². The van der Waals surface area contributed by atoms with E-state index in [-0.39, 0.29) is 34.8 Å². The third kappa shape index (κ3) is 6.34. The number of nitrogens with zero attached hydrogens (tertiary/aromatic N) is 3. The summed E-state index contributed by atoms with van der Waals surface area (Å²) in [7, 11) is 3.18. The van der Waals surface area contributed by atoms with Gasteiger partial charge in [0.2, 0.25) is 0 Å².